The first-order chi connectivity index (χ1) is 7.58. The topological polar surface area (TPSA) is 77.8 Å². The molecule has 9 heteroatoms. The minimum Gasteiger partial charge on any atom is -1.00 e. The molecule has 0 saturated carbocycles. The van der Waals surface area contributed by atoms with Crippen LogP contribution in [0.3, 0.4) is 0 Å². The quantitative estimate of drug-likeness (QED) is 0.414. The summed E-state index contributed by atoms with van der Waals surface area (Å²) in [6.45, 7) is 3.96. The molecule has 1 radical (unpaired) electrons. The van der Waals surface area contributed by atoms with Crippen LogP contribution in [-0.2, 0) is 17.1 Å². The second-order valence-corrected chi connectivity index (χ2v) is 3.52. The molecule has 0 aromatic carbocycles. The van der Waals surface area contributed by atoms with Gasteiger partial charge in [-0.1, -0.05) is 12.1 Å². The molecule has 21 heavy (non-hydrogen) atoms. The number of nitrogens with zero attached hydrogens (tertiary/aromatic N) is 2. The zero-order valence-corrected chi connectivity index (χ0v) is 15.3. The van der Waals surface area contributed by atoms with Gasteiger partial charge in [0, 0.05) is 12.4 Å². The van der Waals surface area contributed by atoms with Crippen molar-refractivity contribution < 1.29 is 66.7 Å². The number of nitrogen functional groups attached to an aromatic ring is 2. The summed E-state index contributed by atoms with van der Waals surface area (Å²) in [6.07, 6.45) is 3.49. The predicted molar refractivity (Wildman–Crippen MR) is 66.8 cm³/mol. The van der Waals surface area contributed by atoms with Crippen LogP contribution in [0.25, 0.3) is 0 Å². The maximum absolute atomic E-state index is 5.32. The number of aromatic nitrogens is 2. The van der Waals surface area contributed by atoms with Gasteiger partial charge in [-0.25, -0.2) is 9.97 Å². The Bertz CT molecular complexity index is 355. The molecule has 125 valence electrons. The van der Waals surface area contributed by atoms with E-state index in [9.17, 15) is 0 Å². The third-order valence-electron chi connectivity index (χ3n) is 1.87. The molecule has 0 fully saturated rings. The molecule has 0 aliphatic carbocycles. The minimum absolute atomic E-state index is 0. The molecular formula is C12H16Cl4CuN4-2. The fourth-order valence-electron chi connectivity index (χ4n) is 0.958. The maximum Gasteiger partial charge on any atom is 2.00 e. The number of pyridine rings is 2. The maximum atomic E-state index is 5.32. The van der Waals surface area contributed by atoms with Gasteiger partial charge in [-0.05, 0) is 37.1 Å². The van der Waals surface area contributed by atoms with Crippen LogP contribution in [0, 0.1) is 13.8 Å². The van der Waals surface area contributed by atoms with E-state index in [-0.39, 0.29) is 66.7 Å². The molecular weight excluding hydrogens is 406 g/mol. The molecule has 0 atom stereocenters. The standard InChI is InChI=1S/2C6H8N2.4ClH.Cu/c2*1-5-2-3-6(7)8-4-5;;;;;/h2*2-4H,1H3,(H2,7,8);4*1H;/q;;;;;;+2/p-4. The van der Waals surface area contributed by atoms with E-state index in [2.05, 4.69) is 9.97 Å². The van der Waals surface area contributed by atoms with Crippen molar-refractivity contribution in [3.8, 4) is 0 Å². The Morgan fingerprint density at radius 3 is 1.10 bits per heavy atom. The monoisotopic (exact) mass is 419 g/mol. The van der Waals surface area contributed by atoms with Gasteiger partial charge < -0.3 is 61.1 Å². The van der Waals surface area contributed by atoms with Gasteiger partial charge in [-0.3, -0.25) is 0 Å². The van der Waals surface area contributed by atoms with Gasteiger partial charge in [-0.2, -0.15) is 0 Å². The van der Waals surface area contributed by atoms with E-state index >= 15 is 0 Å². The van der Waals surface area contributed by atoms with Gasteiger partial charge >= 0.3 is 17.1 Å². The molecule has 0 bridgehead atoms. The summed E-state index contributed by atoms with van der Waals surface area (Å²) in [5, 5.41) is 0. The number of nitrogens with two attached hydrogens (primary N) is 2. The van der Waals surface area contributed by atoms with E-state index in [0.29, 0.717) is 11.6 Å². The van der Waals surface area contributed by atoms with E-state index in [1.54, 1.807) is 24.5 Å². The number of hydrogen-bond acceptors (Lipinski definition) is 4. The Morgan fingerprint density at radius 1 is 0.667 bits per heavy atom. The first-order valence-corrected chi connectivity index (χ1v) is 4.94. The molecule has 0 unspecified atom stereocenters. The Labute approximate surface area is 161 Å². The number of anilines is 2. The summed E-state index contributed by atoms with van der Waals surface area (Å²) in [5.41, 5.74) is 12.9. The van der Waals surface area contributed by atoms with Crippen molar-refractivity contribution in [2.75, 3.05) is 11.5 Å². The van der Waals surface area contributed by atoms with Crippen LogP contribution in [0.4, 0.5) is 11.6 Å². The normalized spacial score (nSPS) is 6.95. The summed E-state index contributed by atoms with van der Waals surface area (Å²) in [6, 6.07) is 7.44. The van der Waals surface area contributed by atoms with Crippen molar-refractivity contribution in [3.63, 3.8) is 0 Å². The van der Waals surface area contributed by atoms with Crippen LogP contribution in [0.2, 0.25) is 0 Å². The second kappa shape index (κ2) is 17.6. The summed E-state index contributed by atoms with van der Waals surface area (Å²) in [5.74, 6) is 1.16. The third kappa shape index (κ3) is 15.8. The Hall–Kier alpha value is -0.421. The summed E-state index contributed by atoms with van der Waals surface area (Å²) in [4.78, 5) is 7.71. The fourth-order valence-corrected chi connectivity index (χ4v) is 0.958. The van der Waals surface area contributed by atoms with Gasteiger partial charge in [0.05, 0.1) is 0 Å². The summed E-state index contributed by atoms with van der Waals surface area (Å²) < 4.78 is 0. The molecule has 0 aliphatic heterocycles. The molecule has 4 N–H and O–H groups in total. The Kier molecular flexibility index (Phi) is 27.3. The third-order valence-corrected chi connectivity index (χ3v) is 1.87. The largest absolute Gasteiger partial charge is 2.00 e. The van der Waals surface area contributed by atoms with E-state index in [0.717, 1.165) is 11.1 Å². The molecule has 4 nitrogen and oxygen atoms in total. The molecule has 2 rings (SSSR count). The van der Waals surface area contributed by atoms with Crippen molar-refractivity contribution in [3.05, 3.63) is 47.8 Å². The smallest absolute Gasteiger partial charge is 1.00 e. The van der Waals surface area contributed by atoms with Gasteiger partial charge in [0.25, 0.3) is 0 Å². The van der Waals surface area contributed by atoms with Crippen LogP contribution in [0.15, 0.2) is 36.7 Å². The van der Waals surface area contributed by atoms with Crippen LogP contribution < -0.4 is 61.1 Å². The molecule has 2 aromatic heterocycles. The van der Waals surface area contributed by atoms with Gasteiger partial charge in [-0.15, -0.1) is 0 Å². The number of rotatable bonds is 0. The van der Waals surface area contributed by atoms with Crippen molar-refractivity contribution in [1.82, 2.24) is 9.97 Å². The van der Waals surface area contributed by atoms with Gasteiger partial charge in [0.1, 0.15) is 11.6 Å². The molecule has 0 aliphatic rings. The SMILES string of the molecule is Cc1ccc(N)nc1.Cc1ccc(N)nc1.[Cl-].[Cl-].[Cl-].[Cl-].[Cu+2]. The minimum atomic E-state index is 0. The van der Waals surface area contributed by atoms with E-state index in [4.69, 9.17) is 11.5 Å². The van der Waals surface area contributed by atoms with Gasteiger partial charge in [0.15, 0.2) is 0 Å². The first kappa shape index (κ1) is 32.5. The fraction of sp³-hybridized carbons (Fsp3) is 0.167. The molecule has 2 heterocycles. The average Bonchev–Trinajstić information content (AvgIpc) is 2.28. The van der Waals surface area contributed by atoms with Crippen LogP contribution >= 0.6 is 0 Å². The van der Waals surface area contributed by atoms with Crippen LogP contribution in [0.5, 0.6) is 0 Å². The molecule has 0 saturated heterocycles. The van der Waals surface area contributed by atoms with Crippen molar-refractivity contribution in [2.24, 2.45) is 0 Å². The van der Waals surface area contributed by atoms with Crippen LogP contribution in [0.1, 0.15) is 11.1 Å². The number of aryl methyl sites for hydroxylation is 2. The van der Waals surface area contributed by atoms with E-state index in [1.807, 2.05) is 26.0 Å². The molecule has 2 aromatic rings. The zero-order valence-electron chi connectivity index (χ0n) is 11.3. The predicted octanol–water partition coefficient (Wildman–Crippen LogP) is -10.0. The first-order valence-electron chi connectivity index (χ1n) is 4.94. The van der Waals surface area contributed by atoms with E-state index in [1.165, 1.54) is 0 Å². The second-order valence-electron chi connectivity index (χ2n) is 3.52. The van der Waals surface area contributed by atoms with Crippen molar-refractivity contribution in [2.45, 2.75) is 13.8 Å². The number of halogens is 4. The van der Waals surface area contributed by atoms with Gasteiger partial charge in [0.2, 0.25) is 0 Å². The van der Waals surface area contributed by atoms with E-state index < -0.39 is 0 Å². The summed E-state index contributed by atoms with van der Waals surface area (Å²) >= 11 is 0. The van der Waals surface area contributed by atoms with Crippen molar-refractivity contribution >= 4 is 11.6 Å². The molecule has 0 spiro atoms. The average molecular weight is 422 g/mol. The Balaban J connectivity index is -0.0000000656. The molecule has 0 amide bonds. The Morgan fingerprint density at radius 2 is 0.952 bits per heavy atom. The van der Waals surface area contributed by atoms with Crippen molar-refractivity contribution in [1.29, 1.82) is 0 Å². The number of hydrogen-bond donors (Lipinski definition) is 2. The van der Waals surface area contributed by atoms with Crippen LogP contribution in [-0.4, -0.2) is 9.97 Å². The zero-order chi connectivity index (χ0) is 12.0. The summed E-state index contributed by atoms with van der Waals surface area (Å²) in [7, 11) is 0.